The molecule has 4 amide bonds. The molecule has 1 unspecified atom stereocenters. The smallest absolute Gasteiger partial charge is 0.326 e. The number of anilines is 3. The summed E-state index contributed by atoms with van der Waals surface area (Å²) in [6.07, 6.45) is 2.59. The minimum absolute atomic E-state index is 0.0420. The molecule has 9 N–H and O–H groups in total. The van der Waals surface area contributed by atoms with Gasteiger partial charge in [0.1, 0.15) is 17.6 Å². The first-order chi connectivity index (χ1) is 30.2. The zero-order valence-corrected chi connectivity index (χ0v) is 34.8. The maximum Gasteiger partial charge on any atom is 0.326 e. The SMILES string of the molecule is CC(=O)CC(=O)CCc1ccc(NC(=O)CCCC(=O)NCCOCCOCCNC(=O)CCC(NC(=O)c2ccc(NCc3cnc4nc(N)[nH]c(=O)c4n3)cc2)C(=O)O)cc1. The van der Waals surface area contributed by atoms with E-state index in [1.54, 1.807) is 24.3 Å². The summed E-state index contributed by atoms with van der Waals surface area (Å²) in [4.78, 5) is 111. The van der Waals surface area contributed by atoms with Crippen LogP contribution in [0.3, 0.4) is 0 Å². The van der Waals surface area contributed by atoms with Gasteiger partial charge in [-0.05, 0) is 68.1 Å². The molecule has 21 nitrogen and oxygen atoms in total. The molecule has 0 saturated heterocycles. The number of aromatic amines is 1. The van der Waals surface area contributed by atoms with Gasteiger partial charge in [0.2, 0.25) is 23.7 Å². The van der Waals surface area contributed by atoms with E-state index >= 15 is 0 Å². The van der Waals surface area contributed by atoms with Crippen molar-refractivity contribution in [2.24, 2.45) is 0 Å². The summed E-state index contributed by atoms with van der Waals surface area (Å²) in [5.41, 5.74) is 7.98. The Hall–Kier alpha value is -7.13. The fraction of sp³-hybridized carbons (Fsp3) is 0.405. The molecule has 4 rings (SSSR count). The lowest BCUT2D eigenvalue weighted by atomic mass is 10.0. The summed E-state index contributed by atoms with van der Waals surface area (Å²) in [5, 5.41) is 23.3. The van der Waals surface area contributed by atoms with E-state index in [9.17, 15) is 43.5 Å². The number of amides is 4. The number of rotatable bonds is 28. The van der Waals surface area contributed by atoms with Gasteiger partial charge in [-0.2, -0.15) is 4.98 Å². The van der Waals surface area contributed by atoms with Crippen LogP contribution in [0.5, 0.6) is 0 Å². The van der Waals surface area contributed by atoms with Crippen molar-refractivity contribution < 1.29 is 48.1 Å². The van der Waals surface area contributed by atoms with Crippen LogP contribution >= 0.6 is 0 Å². The van der Waals surface area contributed by atoms with E-state index in [0.717, 1.165) is 5.56 Å². The van der Waals surface area contributed by atoms with Crippen molar-refractivity contribution in [3.05, 3.63) is 81.9 Å². The highest BCUT2D eigenvalue weighted by atomic mass is 16.5. The second kappa shape index (κ2) is 25.6. The molecule has 0 aliphatic carbocycles. The molecule has 4 aromatic rings. The van der Waals surface area contributed by atoms with Gasteiger partial charge >= 0.3 is 5.97 Å². The molecule has 336 valence electrons. The summed E-state index contributed by atoms with van der Waals surface area (Å²) < 4.78 is 10.9. The molecule has 63 heavy (non-hydrogen) atoms. The molecule has 0 aliphatic heterocycles. The van der Waals surface area contributed by atoms with Gasteiger partial charge in [0, 0.05) is 55.7 Å². The third kappa shape index (κ3) is 18.2. The van der Waals surface area contributed by atoms with Crippen LogP contribution in [0.2, 0.25) is 0 Å². The minimum atomic E-state index is -1.31. The van der Waals surface area contributed by atoms with Gasteiger partial charge in [-0.15, -0.1) is 0 Å². The van der Waals surface area contributed by atoms with Gasteiger partial charge in [-0.3, -0.25) is 38.5 Å². The highest BCUT2D eigenvalue weighted by Gasteiger charge is 2.22. The number of nitrogens with zero attached hydrogens (tertiary/aromatic N) is 3. The summed E-state index contributed by atoms with van der Waals surface area (Å²) in [7, 11) is 0. The maximum atomic E-state index is 12.8. The zero-order chi connectivity index (χ0) is 45.6. The largest absolute Gasteiger partial charge is 0.480 e. The van der Waals surface area contributed by atoms with Gasteiger partial charge in [0.05, 0.1) is 51.3 Å². The number of H-pyrrole nitrogens is 1. The third-order valence-electron chi connectivity index (χ3n) is 9.06. The predicted octanol–water partition coefficient (Wildman–Crippen LogP) is 1.43. The number of benzene rings is 2. The van der Waals surface area contributed by atoms with Crippen LogP contribution < -0.4 is 37.9 Å². The number of nitrogen functional groups attached to an aromatic ring is 1. The van der Waals surface area contributed by atoms with Crippen molar-refractivity contribution in [2.45, 2.75) is 70.9 Å². The molecule has 0 spiro atoms. The number of aryl methyl sites for hydroxylation is 1. The van der Waals surface area contributed by atoms with E-state index < -0.39 is 29.4 Å². The Balaban J connectivity index is 0.984. The standard InChI is InChI=1S/C42H52N10O11/c1-26(53)23-32(54)14-7-27-5-10-30(11-6-27)48-36(57)4-2-3-34(55)44-17-19-62-21-22-63-20-18-45-35(56)16-15-33(41(60)61)50-39(58)28-8-12-29(13-9-28)46-24-31-25-47-38-37(49-31)40(59)52-42(43)51-38/h5-6,8-13,25,33,46H,2-4,7,14-24H2,1H3,(H,44,55)(H,45,56)(H,48,57)(H,50,58)(H,60,61)(H3,43,47,51,52,59). The van der Waals surface area contributed by atoms with Gasteiger partial charge in [-0.1, -0.05) is 12.1 Å². The molecule has 2 aromatic heterocycles. The number of carbonyl (C=O) groups is 7. The molecule has 0 fully saturated rings. The summed E-state index contributed by atoms with van der Waals surface area (Å²) in [6, 6.07) is 12.0. The number of fused-ring (bicyclic) bond motifs is 1. The summed E-state index contributed by atoms with van der Waals surface area (Å²) in [5.74, 6) is -3.09. The second-order valence-electron chi connectivity index (χ2n) is 14.3. The molecule has 0 radical (unpaired) electrons. The van der Waals surface area contributed by atoms with Crippen LogP contribution in [0.1, 0.15) is 73.5 Å². The molecular weight excluding hydrogens is 821 g/mol. The number of hydrogen-bond acceptors (Lipinski definition) is 15. The van der Waals surface area contributed by atoms with E-state index in [4.69, 9.17) is 15.2 Å². The van der Waals surface area contributed by atoms with Crippen LogP contribution in [0.4, 0.5) is 17.3 Å². The van der Waals surface area contributed by atoms with Crippen LogP contribution in [0, 0.1) is 0 Å². The maximum absolute atomic E-state index is 12.8. The Morgan fingerprint density at radius 1 is 0.794 bits per heavy atom. The zero-order valence-electron chi connectivity index (χ0n) is 34.8. The minimum Gasteiger partial charge on any atom is -0.480 e. The number of Topliss-reactive ketones (excluding diaryl/α,β-unsaturated/α-hetero) is 2. The number of nitrogens with two attached hydrogens (primary N) is 1. The molecular formula is C42H52N10O11. The van der Waals surface area contributed by atoms with Gasteiger partial charge in [0.25, 0.3) is 11.5 Å². The van der Waals surface area contributed by atoms with E-state index in [0.29, 0.717) is 29.9 Å². The quantitative estimate of drug-likeness (QED) is 0.0296. The normalized spacial score (nSPS) is 11.3. The average Bonchev–Trinajstić information content (AvgIpc) is 3.24. The number of ether oxygens (including phenoxy) is 2. The van der Waals surface area contributed by atoms with Crippen molar-refractivity contribution in [2.75, 3.05) is 55.9 Å². The Morgan fingerprint density at radius 3 is 2.08 bits per heavy atom. The van der Waals surface area contributed by atoms with E-state index in [1.165, 1.54) is 25.3 Å². The predicted molar refractivity (Wildman–Crippen MR) is 229 cm³/mol. The number of hydrogen-bond donors (Lipinski definition) is 8. The topological polar surface area (TPSA) is 316 Å². The molecule has 2 aromatic carbocycles. The average molecular weight is 873 g/mol. The van der Waals surface area contributed by atoms with Crippen LogP contribution in [0.25, 0.3) is 11.2 Å². The van der Waals surface area contributed by atoms with Crippen molar-refractivity contribution in [1.82, 2.24) is 35.9 Å². The highest BCUT2D eigenvalue weighted by Crippen LogP contribution is 2.14. The molecule has 1 atom stereocenters. The summed E-state index contributed by atoms with van der Waals surface area (Å²) in [6.45, 7) is 2.97. The van der Waals surface area contributed by atoms with E-state index in [2.05, 4.69) is 46.5 Å². The number of aromatic nitrogens is 4. The lowest BCUT2D eigenvalue weighted by molar-refractivity contribution is -0.139. The number of carbonyl (C=O) groups excluding carboxylic acids is 6. The number of nitrogens with one attached hydrogen (secondary N) is 6. The van der Waals surface area contributed by atoms with Crippen molar-refractivity contribution in [3.8, 4) is 0 Å². The molecule has 0 aliphatic rings. The highest BCUT2D eigenvalue weighted by molar-refractivity contribution is 5.98. The molecule has 21 heteroatoms. The van der Waals surface area contributed by atoms with Crippen molar-refractivity contribution in [1.29, 1.82) is 0 Å². The Morgan fingerprint density at radius 2 is 1.43 bits per heavy atom. The Labute approximate surface area is 361 Å². The van der Waals surface area contributed by atoms with Crippen LogP contribution in [-0.2, 0) is 51.2 Å². The van der Waals surface area contributed by atoms with E-state index in [-0.39, 0.29) is 131 Å². The fourth-order valence-corrected chi connectivity index (χ4v) is 5.82. The number of carboxylic acid groups (broad SMARTS) is 1. The summed E-state index contributed by atoms with van der Waals surface area (Å²) >= 11 is 0. The lowest BCUT2D eigenvalue weighted by Gasteiger charge is -2.15. The Bertz CT molecular complexity index is 2270. The first-order valence-electron chi connectivity index (χ1n) is 20.2. The lowest BCUT2D eigenvalue weighted by Crippen LogP contribution is -2.41. The monoisotopic (exact) mass is 872 g/mol. The third-order valence-corrected chi connectivity index (χ3v) is 9.06. The number of ketones is 2. The van der Waals surface area contributed by atoms with Gasteiger partial charge in [-0.25, -0.2) is 14.8 Å². The van der Waals surface area contributed by atoms with Gasteiger partial charge < -0.3 is 46.9 Å². The second-order valence-corrected chi connectivity index (χ2v) is 14.3. The Kier molecular flexibility index (Phi) is 19.7. The molecule has 0 saturated carbocycles. The first-order valence-corrected chi connectivity index (χ1v) is 20.2. The van der Waals surface area contributed by atoms with Crippen molar-refractivity contribution >= 4 is 69.7 Å². The first kappa shape index (κ1) is 48.5. The number of aliphatic carboxylic acids is 1. The van der Waals surface area contributed by atoms with Crippen molar-refractivity contribution in [3.63, 3.8) is 0 Å². The molecule has 0 bridgehead atoms. The van der Waals surface area contributed by atoms with Gasteiger partial charge in [0.15, 0.2) is 11.2 Å². The van der Waals surface area contributed by atoms with E-state index in [1.807, 2.05) is 12.1 Å². The number of carboxylic acids is 1. The van der Waals surface area contributed by atoms with Crippen LogP contribution in [0.15, 0.2) is 59.5 Å². The molecule has 2 heterocycles. The van der Waals surface area contributed by atoms with Crippen LogP contribution in [-0.4, -0.2) is 112 Å². The fourth-order valence-electron chi connectivity index (χ4n) is 5.82.